The average molecular weight is 273 g/mol. The second kappa shape index (κ2) is 5.13. The zero-order valence-electron chi connectivity index (χ0n) is 12.4. The highest BCUT2D eigenvalue weighted by atomic mass is 16.5. The van der Waals surface area contributed by atoms with Crippen LogP contribution in [0.15, 0.2) is 24.3 Å². The fraction of sp³-hybridized carbons (Fsp3) is 0.529. The number of ether oxygens (including phenoxy) is 1. The Bertz CT molecular complexity index is 538. The largest absolute Gasteiger partial charge is 0.504 e. The fourth-order valence-electron chi connectivity index (χ4n) is 3.70. The minimum atomic E-state index is -0.0169. The van der Waals surface area contributed by atoms with Crippen molar-refractivity contribution in [1.82, 2.24) is 4.90 Å². The zero-order valence-corrected chi connectivity index (χ0v) is 12.4. The molecule has 0 radical (unpaired) electrons. The Hall–Kier alpha value is -1.48. The predicted molar refractivity (Wildman–Crippen MR) is 80.3 cm³/mol. The number of allylic oxidation sites excluding steroid dienone is 2. The number of benzene rings is 1. The van der Waals surface area contributed by atoms with Gasteiger partial charge in [0.1, 0.15) is 0 Å². The normalized spacial score (nSPS) is 26.3. The third kappa shape index (κ3) is 2.10. The minimum Gasteiger partial charge on any atom is -0.504 e. The summed E-state index contributed by atoms with van der Waals surface area (Å²) in [6.45, 7) is 1.95. The highest BCUT2D eigenvalue weighted by Crippen LogP contribution is 2.48. The lowest BCUT2D eigenvalue weighted by molar-refractivity contribution is 0.300. The summed E-state index contributed by atoms with van der Waals surface area (Å²) in [5.41, 5.74) is 2.31. The molecule has 0 bridgehead atoms. The summed E-state index contributed by atoms with van der Waals surface area (Å²) in [7, 11) is 3.77. The molecule has 3 nitrogen and oxygen atoms in total. The smallest absolute Gasteiger partial charge is 0.162 e. The number of rotatable bonds is 1. The van der Waals surface area contributed by atoms with E-state index in [2.05, 4.69) is 30.2 Å². The van der Waals surface area contributed by atoms with Crippen LogP contribution in [0.4, 0.5) is 0 Å². The van der Waals surface area contributed by atoms with Crippen molar-refractivity contribution in [2.45, 2.75) is 37.6 Å². The van der Waals surface area contributed by atoms with Crippen LogP contribution in [-0.4, -0.2) is 30.7 Å². The van der Waals surface area contributed by atoms with Crippen LogP contribution < -0.4 is 4.74 Å². The highest BCUT2D eigenvalue weighted by Gasteiger charge is 2.38. The van der Waals surface area contributed by atoms with Crippen molar-refractivity contribution in [2.75, 3.05) is 20.7 Å². The first-order chi connectivity index (χ1) is 9.66. The molecule has 0 saturated heterocycles. The second-order valence-corrected chi connectivity index (χ2v) is 6.09. The fourth-order valence-corrected chi connectivity index (χ4v) is 3.70. The SMILES string of the molecule is COc1ccc2c(c1O)C1(C=CCCC1)CCN(C)C2. The van der Waals surface area contributed by atoms with Gasteiger partial charge in [-0.25, -0.2) is 0 Å². The van der Waals surface area contributed by atoms with Crippen molar-refractivity contribution in [2.24, 2.45) is 0 Å². The van der Waals surface area contributed by atoms with E-state index < -0.39 is 0 Å². The molecule has 0 saturated carbocycles. The Morgan fingerprint density at radius 3 is 2.85 bits per heavy atom. The van der Waals surface area contributed by atoms with Crippen LogP contribution in [-0.2, 0) is 12.0 Å². The average Bonchev–Trinajstić information content (AvgIpc) is 2.59. The third-order valence-corrected chi connectivity index (χ3v) is 4.76. The molecule has 1 aromatic carbocycles. The number of aromatic hydroxyl groups is 1. The summed E-state index contributed by atoms with van der Waals surface area (Å²) >= 11 is 0. The Morgan fingerprint density at radius 1 is 1.30 bits per heavy atom. The first-order valence-corrected chi connectivity index (χ1v) is 7.42. The van der Waals surface area contributed by atoms with Crippen molar-refractivity contribution in [1.29, 1.82) is 0 Å². The number of phenols is 1. The van der Waals surface area contributed by atoms with Crippen molar-refractivity contribution in [3.8, 4) is 11.5 Å². The molecular weight excluding hydrogens is 250 g/mol. The van der Waals surface area contributed by atoms with Gasteiger partial charge in [-0.3, -0.25) is 0 Å². The zero-order chi connectivity index (χ0) is 14.2. The minimum absolute atomic E-state index is 0.0169. The maximum absolute atomic E-state index is 10.7. The van der Waals surface area contributed by atoms with E-state index in [4.69, 9.17) is 4.74 Å². The quantitative estimate of drug-likeness (QED) is 0.797. The van der Waals surface area contributed by atoms with Gasteiger partial charge < -0.3 is 14.7 Å². The molecule has 1 aromatic rings. The van der Waals surface area contributed by atoms with Crippen LogP contribution in [0.3, 0.4) is 0 Å². The molecule has 1 aliphatic carbocycles. The van der Waals surface area contributed by atoms with Crippen molar-refractivity contribution in [3.63, 3.8) is 0 Å². The van der Waals surface area contributed by atoms with Gasteiger partial charge in [-0.15, -0.1) is 0 Å². The predicted octanol–water partition coefficient (Wildman–Crippen LogP) is 3.21. The molecule has 0 aromatic heterocycles. The Balaban J connectivity index is 2.20. The van der Waals surface area contributed by atoms with Crippen LogP contribution >= 0.6 is 0 Å². The van der Waals surface area contributed by atoms with Gasteiger partial charge >= 0.3 is 0 Å². The van der Waals surface area contributed by atoms with Gasteiger partial charge in [-0.05, 0) is 50.9 Å². The third-order valence-electron chi connectivity index (χ3n) is 4.76. The number of fused-ring (bicyclic) bond motifs is 2. The standard InChI is InChI=1S/C17H23NO2/c1-18-11-10-17(8-4-3-5-9-17)15-13(12-18)6-7-14(20-2)16(15)19/h4,6-8,19H,3,5,9-12H2,1-2H3. The summed E-state index contributed by atoms with van der Waals surface area (Å²) < 4.78 is 5.32. The van der Waals surface area contributed by atoms with Gasteiger partial charge in [0.2, 0.25) is 0 Å². The molecule has 0 amide bonds. The molecule has 1 N–H and O–H groups in total. The van der Waals surface area contributed by atoms with Crippen LogP contribution in [0.2, 0.25) is 0 Å². The van der Waals surface area contributed by atoms with Crippen LogP contribution in [0.1, 0.15) is 36.8 Å². The van der Waals surface area contributed by atoms with Gasteiger partial charge in [0.25, 0.3) is 0 Å². The molecule has 1 unspecified atom stereocenters. The van der Waals surface area contributed by atoms with E-state index in [0.717, 1.165) is 37.9 Å². The number of hydrogen-bond donors (Lipinski definition) is 1. The van der Waals surface area contributed by atoms with E-state index in [1.807, 2.05) is 6.07 Å². The topological polar surface area (TPSA) is 32.7 Å². The monoisotopic (exact) mass is 273 g/mol. The second-order valence-electron chi connectivity index (χ2n) is 6.09. The van der Waals surface area contributed by atoms with E-state index >= 15 is 0 Å². The van der Waals surface area contributed by atoms with Crippen molar-refractivity contribution in [3.05, 3.63) is 35.4 Å². The Kier molecular flexibility index (Phi) is 3.47. The Labute approximate surface area is 120 Å². The molecule has 2 aliphatic rings. The van der Waals surface area contributed by atoms with E-state index in [1.165, 1.54) is 12.0 Å². The van der Waals surface area contributed by atoms with Gasteiger partial charge in [0.15, 0.2) is 11.5 Å². The first-order valence-electron chi connectivity index (χ1n) is 7.42. The van der Waals surface area contributed by atoms with Crippen LogP contribution in [0.5, 0.6) is 11.5 Å². The maximum atomic E-state index is 10.7. The Morgan fingerprint density at radius 2 is 2.15 bits per heavy atom. The van der Waals surface area contributed by atoms with Gasteiger partial charge in [-0.2, -0.15) is 0 Å². The lowest BCUT2D eigenvalue weighted by atomic mass is 9.70. The first kappa shape index (κ1) is 13.5. The molecule has 1 atom stereocenters. The molecule has 0 fully saturated rings. The van der Waals surface area contributed by atoms with E-state index in [0.29, 0.717) is 11.5 Å². The summed E-state index contributed by atoms with van der Waals surface area (Å²) in [6, 6.07) is 3.99. The van der Waals surface area contributed by atoms with Crippen molar-refractivity contribution >= 4 is 0 Å². The number of nitrogens with zero attached hydrogens (tertiary/aromatic N) is 1. The van der Waals surface area contributed by atoms with E-state index in [1.54, 1.807) is 7.11 Å². The molecule has 3 rings (SSSR count). The summed E-state index contributed by atoms with van der Waals surface area (Å²) in [6.07, 6.45) is 9.12. The molecule has 1 aliphatic heterocycles. The van der Waals surface area contributed by atoms with E-state index in [9.17, 15) is 5.11 Å². The lowest BCUT2D eigenvalue weighted by Gasteiger charge is -2.34. The number of hydrogen-bond acceptors (Lipinski definition) is 3. The maximum Gasteiger partial charge on any atom is 0.162 e. The molecular formula is C17H23NO2. The van der Waals surface area contributed by atoms with Gasteiger partial charge in [-0.1, -0.05) is 18.2 Å². The van der Waals surface area contributed by atoms with Gasteiger partial charge in [0.05, 0.1) is 7.11 Å². The molecule has 1 heterocycles. The molecule has 3 heteroatoms. The van der Waals surface area contributed by atoms with Gasteiger partial charge in [0, 0.05) is 17.5 Å². The lowest BCUT2D eigenvalue weighted by Crippen LogP contribution is -2.28. The number of phenolic OH excluding ortho intramolecular Hbond substituents is 1. The summed E-state index contributed by atoms with van der Waals surface area (Å²) in [5.74, 6) is 0.929. The highest BCUT2D eigenvalue weighted by molar-refractivity contribution is 5.56. The molecule has 108 valence electrons. The van der Waals surface area contributed by atoms with Crippen molar-refractivity contribution < 1.29 is 9.84 Å². The molecule has 20 heavy (non-hydrogen) atoms. The summed E-state index contributed by atoms with van der Waals surface area (Å²) in [4.78, 5) is 2.34. The molecule has 1 spiro atoms. The van der Waals surface area contributed by atoms with Crippen LogP contribution in [0.25, 0.3) is 0 Å². The summed E-state index contributed by atoms with van der Waals surface area (Å²) in [5, 5.41) is 10.7. The number of methoxy groups -OCH3 is 1. The van der Waals surface area contributed by atoms with Crippen LogP contribution in [0, 0.1) is 0 Å². The van der Waals surface area contributed by atoms with E-state index in [-0.39, 0.29) is 5.41 Å².